The number of ether oxygens (including phenoxy) is 1. The maximum atomic E-state index is 14.6. The lowest BCUT2D eigenvalue weighted by Gasteiger charge is -2.45. The molecule has 1 saturated heterocycles. The van der Waals surface area contributed by atoms with Gasteiger partial charge in [0.25, 0.3) is 0 Å². The van der Waals surface area contributed by atoms with E-state index in [4.69, 9.17) is 4.74 Å². The highest BCUT2D eigenvalue weighted by molar-refractivity contribution is 5.95. The highest BCUT2D eigenvalue weighted by atomic mass is 16.6. The van der Waals surface area contributed by atoms with E-state index in [0.717, 1.165) is 22.0 Å². The zero-order valence-electron chi connectivity index (χ0n) is 29.0. The van der Waals surface area contributed by atoms with Gasteiger partial charge in [-0.25, -0.2) is 9.80 Å². The standard InChI is InChI=1S/C36H50N6O5/c1-34(2,3)47-33(46)39-35(4,5)31(44)38-29(21-26-23-37-28-18-13-12-17-27(26)28)30(43)42-20-14-19-36(24-42,32(45)41(8)40(6)7)22-25-15-10-9-11-16-25/h9-13,15-18,23,29,37H,14,19-22,24H2,1-8H3,(H,38,44)(H,39,46)/t29-,36+/m0/s1. The molecule has 0 aliphatic carbocycles. The van der Waals surface area contributed by atoms with E-state index in [-0.39, 0.29) is 24.8 Å². The number of likely N-dealkylation sites (tertiary alicyclic amines) is 1. The smallest absolute Gasteiger partial charge is 0.408 e. The molecule has 0 radical (unpaired) electrons. The fraction of sp³-hybridized carbons (Fsp3) is 0.500. The summed E-state index contributed by atoms with van der Waals surface area (Å²) in [5.74, 6) is -0.879. The third kappa shape index (κ3) is 8.71. The van der Waals surface area contributed by atoms with Crippen molar-refractivity contribution in [3.63, 3.8) is 0 Å². The van der Waals surface area contributed by atoms with Gasteiger partial charge in [-0.05, 0) is 71.1 Å². The van der Waals surface area contributed by atoms with Crippen molar-refractivity contribution in [2.75, 3.05) is 34.2 Å². The normalized spacial score (nSPS) is 17.7. The molecule has 3 N–H and O–H groups in total. The molecule has 1 aromatic heterocycles. The molecule has 0 saturated carbocycles. The average Bonchev–Trinajstić information content (AvgIpc) is 3.41. The summed E-state index contributed by atoms with van der Waals surface area (Å²) in [5, 5.41) is 9.90. The van der Waals surface area contributed by atoms with Gasteiger partial charge in [-0.3, -0.25) is 19.4 Å². The number of aromatic nitrogens is 1. The Bertz CT molecular complexity index is 1580. The van der Waals surface area contributed by atoms with Crippen LogP contribution in [0.15, 0.2) is 60.8 Å². The van der Waals surface area contributed by atoms with E-state index in [1.165, 1.54) is 0 Å². The third-order valence-electron chi connectivity index (χ3n) is 8.70. The van der Waals surface area contributed by atoms with Crippen LogP contribution in [-0.4, -0.2) is 95.1 Å². The minimum absolute atomic E-state index is 0.0660. The highest BCUT2D eigenvalue weighted by Crippen LogP contribution is 2.36. The molecule has 11 heteroatoms. The van der Waals surface area contributed by atoms with Gasteiger partial charge in [0.05, 0.1) is 5.41 Å². The Kier molecular flexibility index (Phi) is 10.7. The summed E-state index contributed by atoms with van der Waals surface area (Å²) in [7, 11) is 5.38. The monoisotopic (exact) mass is 646 g/mol. The Balaban J connectivity index is 1.65. The van der Waals surface area contributed by atoms with Gasteiger partial charge < -0.3 is 25.3 Å². The van der Waals surface area contributed by atoms with Crippen LogP contribution in [0, 0.1) is 5.41 Å². The van der Waals surface area contributed by atoms with E-state index in [0.29, 0.717) is 25.8 Å². The van der Waals surface area contributed by atoms with Crippen molar-refractivity contribution in [2.24, 2.45) is 5.41 Å². The first-order valence-electron chi connectivity index (χ1n) is 16.2. The fourth-order valence-electron chi connectivity index (χ4n) is 6.12. The zero-order valence-corrected chi connectivity index (χ0v) is 29.0. The van der Waals surface area contributed by atoms with Crippen LogP contribution in [0.1, 0.15) is 58.6 Å². The maximum absolute atomic E-state index is 14.6. The quantitative estimate of drug-likeness (QED) is 0.282. The number of carbonyl (C=O) groups is 4. The number of piperidine rings is 1. The second-order valence-electron chi connectivity index (χ2n) is 14.3. The van der Waals surface area contributed by atoms with Gasteiger partial charge in [-0.2, -0.15) is 0 Å². The van der Waals surface area contributed by atoms with Crippen LogP contribution in [0.3, 0.4) is 0 Å². The summed E-state index contributed by atoms with van der Waals surface area (Å²) in [6, 6.07) is 16.7. The molecular weight excluding hydrogens is 596 g/mol. The van der Waals surface area contributed by atoms with Crippen molar-refractivity contribution in [3.8, 4) is 0 Å². The predicted molar refractivity (Wildman–Crippen MR) is 182 cm³/mol. The number of alkyl carbamates (subject to hydrolysis) is 1. The molecular formula is C36H50N6O5. The van der Waals surface area contributed by atoms with Gasteiger partial charge in [0, 0.05) is 57.8 Å². The molecule has 11 nitrogen and oxygen atoms in total. The number of aromatic amines is 1. The van der Waals surface area contributed by atoms with E-state index in [9.17, 15) is 19.2 Å². The molecule has 2 atom stereocenters. The number of hydrazine groups is 1. The number of amides is 4. The molecule has 0 bridgehead atoms. The summed E-state index contributed by atoms with van der Waals surface area (Å²) in [6.07, 6.45) is 3.06. The second kappa shape index (κ2) is 14.2. The van der Waals surface area contributed by atoms with Gasteiger partial charge in [0.1, 0.15) is 17.2 Å². The van der Waals surface area contributed by atoms with Crippen molar-refractivity contribution in [3.05, 3.63) is 71.9 Å². The van der Waals surface area contributed by atoms with Crippen molar-refractivity contribution >= 4 is 34.7 Å². The predicted octanol–water partition coefficient (Wildman–Crippen LogP) is 4.29. The first kappa shape index (κ1) is 35.5. The van der Waals surface area contributed by atoms with Gasteiger partial charge in [-0.1, -0.05) is 48.5 Å². The number of hydrogen-bond donors (Lipinski definition) is 3. The Morgan fingerprint density at radius 2 is 1.64 bits per heavy atom. The number of fused-ring (bicyclic) bond motifs is 1. The lowest BCUT2D eigenvalue weighted by atomic mass is 9.74. The number of nitrogens with zero attached hydrogens (tertiary/aromatic N) is 3. The van der Waals surface area contributed by atoms with Gasteiger partial charge in [0.15, 0.2) is 0 Å². The first-order chi connectivity index (χ1) is 22.0. The van der Waals surface area contributed by atoms with Crippen molar-refractivity contribution in [2.45, 2.75) is 77.5 Å². The van der Waals surface area contributed by atoms with Crippen LogP contribution >= 0.6 is 0 Å². The van der Waals surface area contributed by atoms with Gasteiger partial charge >= 0.3 is 6.09 Å². The largest absolute Gasteiger partial charge is 0.444 e. The molecule has 2 heterocycles. The fourth-order valence-corrected chi connectivity index (χ4v) is 6.12. The highest BCUT2D eigenvalue weighted by Gasteiger charge is 2.46. The number of benzene rings is 2. The summed E-state index contributed by atoms with van der Waals surface area (Å²) < 4.78 is 5.39. The molecule has 0 unspecified atom stereocenters. The summed E-state index contributed by atoms with van der Waals surface area (Å²) >= 11 is 0. The molecule has 1 aliphatic heterocycles. The van der Waals surface area contributed by atoms with E-state index < -0.39 is 34.6 Å². The number of H-pyrrole nitrogens is 1. The number of rotatable bonds is 10. The number of carbonyl (C=O) groups excluding carboxylic acids is 4. The summed E-state index contributed by atoms with van der Waals surface area (Å²) in [5.41, 5.74) is -0.188. The summed E-state index contributed by atoms with van der Waals surface area (Å²) in [4.78, 5) is 60.0. The molecule has 47 heavy (non-hydrogen) atoms. The lowest BCUT2D eigenvalue weighted by Crippen LogP contribution is -2.62. The number of para-hydroxylation sites is 1. The van der Waals surface area contributed by atoms with Crippen LogP contribution in [0.4, 0.5) is 4.79 Å². The van der Waals surface area contributed by atoms with E-state index in [1.54, 1.807) is 56.6 Å². The molecule has 2 aromatic carbocycles. The third-order valence-corrected chi connectivity index (χ3v) is 8.70. The average molecular weight is 647 g/mol. The molecule has 3 aromatic rings. The van der Waals surface area contributed by atoms with Crippen LogP contribution in [0.5, 0.6) is 0 Å². The van der Waals surface area contributed by atoms with Gasteiger partial charge in [0.2, 0.25) is 17.7 Å². The molecule has 0 spiro atoms. The van der Waals surface area contributed by atoms with Crippen LogP contribution in [0.25, 0.3) is 10.9 Å². The zero-order chi connectivity index (χ0) is 34.6. The number of hydrogen-bond acceptors (Lipinski definition) is 6. The SMILES string of the molecule is CN(C)N(C)C(=O)[C@@]1(Cc2ccccc2)CCCN(C(=O)[C@H](Cc2c[nH]c3ccccc23)NC(=O)C(C)(C)NC(=O)OC(C)(C)C)C1. The minimum atomic E-state index is -1.38. The van der Waals surface area contributed by atoms with E-state index in [1.807, 2.05) is 74.9 Å². The van der Waals surface area contributed by atoms with E-state index in [2.05, 4.69) is 15.6 Å². The lowest BCUT2D eigenvalue weighted by molar-refractivity contribution is -0.159. The molecule has 254 valence electrons. The van der Waals surface area contributed by atoms with E-state index >= 15 is 0 Å². The topological polar surface area (TPSA) is 127 Å². The Morgan fingerprint density at radius 3 is 2.30 bits per heavy atom. The molecule has 1 fully saturated rings. The second-order valence-corrected chi connectivity index (χ2v) is 14.3. The minimum Gasteiger partial charge on any atom is -0.444 e. The van der Waals surface area contributed by atoms with Crippen LogP contribution in [0.2, 0.25) is 0 Å². The van der Waals surface area contributed by atoms with Crippen molar-refractivity contribution in [1.29, 1.82) is 0 Å². The number of nitrogens with one attached hydrogen (secondary N) is 3. The van der Waals surface area contributed by atoms with Crippen molar-refractivity contribution in [1.82, 2.24) is 30.5 Å². The van der Waals surface area contributed by atoms with Gasteiger partial charge in [-0.15, -0.1) is 0 Å². The Morgan fingerprint density at radius 1 is 0.979 bits per heavy atom. The Labute approximate surface area is 278 Å². The molecule has 4 rings (SSSR count). The maximum Gasteiger partial charge on any atom is 0.408 e. The summed E-state index contributed by atoms with van der Waals surface area (Å²) in [6.45, 7) is 9.03. The Hall–Kier alpha value is -4.38. The van der Waals surface area contributed by atoms with Crippen LogP contribution in [-0.2, 0) is 32.0 Å². The molecule has 1 aliphatic rings. The molecule has 4 amide bonds. The first-order valence-corrected chi connectivity index (χ1v) is 16.2. The van der Waals surface area contributed by atoms with Crippen molar-refractivity contribution < 1.29 is 23.9 Å². The van der Waals surface area contributed by atoms with Crippen LogP contribution < -0.4 is 10.6 Å².